The van der Waals surface area contributed by atoms with Crippen molar-refractivity contribution in [3.8, 4) is 5.75 Å². The highest BCUT2D eigenvalue weighted by Gasteiger charge is 2.36. The molecule has 4 aromatic rings. The van der Waals surface area contributed by atoms with Crippen molar-refractivity contribution in [3.05, 3.63) is 108 Å². The van der Waals surface area contributed by atoms with E-state index in [1.54, 1.807) is 55.9 Å². The van der Waals surface area contributed by atoms with Gasteiger partial charge in [0.05, 0.1) is 42.2 Å². The monoisotopic (exact) mass is 542 g/mol. The molecule has 0 N–H and O–H groups in total. The van der Waals surface area contributed by atoms with Crippen LogP contribution < -0.4 is 19.6 Å². The minimum absolute atomic E-state index is 0.182. The van der Waals surface area contributed by atoms with Crippen molar-refractivity contribution in [1.29, 1.82) is 0 Å². The van der Waals surface area contributed by atoms with E-state index in [0.717, 1.165) is 16.3 Å². The van der Waals surface area contributed by atoms with Gasteiger partial charge in [-0.25, -0.2) is 14.6 Å². The first-order chi connectivity index (χ1) is 18.9. The molecule has 0 amide bonds. The molecule has 0 aliphatic carbocycles. The van der Waals surface area contributed by atoms with Crippen LogP contribution in [0.5, 0.6) is 5.75 Å². The zero-order valence-corrected chi connectivity index (χ0v) is 22.7. The van der Waals surface area contributed by atoms with Crippen LogP contribution in [0.15, 0.2) is 81.7 Å². The summed E-state index contributed by atoms with van der Waals surface area (Å²) in [6.07, 6.45) is 1.74. The normalized spacial score (nSPS) is 15.1. The number of rotatable bonds is 6. The maximum absolute atomic E-state index is 14.0. The van der Waals surface area contributed by atoms with E-state index in [-0.39, 0.29) is 17.7 Å². The fourth-order valence-corrected chi connectivity index (χ4v) is 5.83. The van der Waals surface area contributed by atoms with Gasteiger partial charge in [-0.15, -0.1) is 0 Å². The molecule has 3 aromatic carbocycles. The van der Waals surface area contributed by atoms with E-state index in [9.17, 15) is 14.4 Å². The van der Waals surface area contributed by atoms with Crippen molar-refractivity contribution in [2.24, 2.45) is 4.99 Å². The van der Waals surface area contributed by atoms with E-state index in [2.05, 4.69) is 4.99 Å². The highest BCUT2D eigenvalue weighted by atomic mass is 32.1. The van der Waals surface area contributed by atoms with Gasteiger partial charge >= 0.3 is 11.9 Å². The third-order valence-corrected chi connectivity index (χ3v) is 7.55. The maximum Gasteiger partial charge on any atom is 0.338 e. The summed E-state index contributed by atoms with van der Waals surface area (Å²) >= 11 is 1.23. The fraction of sp³-hybridized carbons (Fsp3) is 0.200. The van der Waals surface area contributed by atoms with Gasteiger partial charge in [0, 0.05) is 5.56 Å². The lowest BCUT2D eigenvalue weighted by Gasteiger charge is -2.27. The van der Waals surface area contributed by atoms with Crippen molar-refractivity contribution < 1.29 is 23.8 Å². The van der Waals surface area contributed by atoms with Crippen LogP contribution in [-0.2, 0) is 14.3 Å². The maximum atomic E-state index is 14.0. The lowest BCUT2D eigenvalue weighted by molar-refractivity contribution is -0.139. The van der Waals surface area contributed by atoms with Gasteiger partial charge in [-0.3, -0.25) is 9.36 Å². The lowest BCUT2D eigenvalue weighted by Crippen LogP contribution is -2.40. The van der Waals surface area contributed by atoms with Gasteiger partial charge in [0.15, 0.2) is 4.80 Å². The van der Waals surface area contributed by atoms with E-state index >= 15 is 0 Å². The van der Waals surface area contributed by atoms with E-state index in [1.165, 1.54) is 18.4 Å². The zero-order valence-electron chi connectivity index (χ0n) is 21.9. The van der Waals surface area contributed by atoms with Crippen molar-refractivity contribution >= 4 is 40.1 Å². The molecule has 0 saturated heterocycles. The first kappa shape index (κ1) is 26.1. The largest absolute Gasteiger partial charge is 0.496 e. The minimum Gasteiger partial charge on any atom is -0.496 e. The third kappa shape index (κ3) is 4.66. The molecule has 8 nitrogen and oxygen atoms in total. The molecule has 0 bridgehead atoms. The number of fused-ring (bicyclic) bond motifs is 2. The van der Waals surface area contributed by atoms with Crippen molar-refractivity contribution in [3.63, 3.8) is 0 Å². The van der Waals surface area contributed by atoms with Crippen LogP contribution in [0, 0.1) is 0 Å². The summed E-state index contributed by atoms with van der Waals surface area (Å²) in [4.78, 5) is 44.2. The van der Waals surface area contributed by atoms with E-state index in [4.69, 9.17) is 14.2 Å². The van der Waals surface area contributed by atoms with Crippen LogP contribution in [0.1, 0.15) is 41.4 Å². The number of ether oxygens (including phenoxy) is 3. The number of benzene rings is 3. The molecular weight excluding hydrogens is 516 g/mol. The first-order valence-corrected chi connectivity index (χ1v) is 13.1. The van der Waals surface area contributed by atoms with Crippen molar-refractivity contribution in [2.75, 3.05) is 20.8 Å². The Bertz CT molecular complexity index is 1810. The summed E-state index contributed by atoms with van der Waals surface area (Å²) in [7, 11) is 2.89. The number of thiazole rings is 1. The number of carbonyl (C=O) groups excluding carboxylic acids is 2. The predicted molar refractivity (Wildman–Crippen MR) is 149 cm³/mol. The SMILES string of the molecule is CCOC(=O)C1=C(C)N=c2s/c(=C\c3ccc(C(=O)OC)cc3)c(=O)n2[C@@H]1c1c(OC)ccc2ccccc12. The molecule has 1 aliphatic rings. The van der Waals surface area contributed by atoms with Crippen LogP contribution in [-0.4, -0.2) is 37.3 Å². The van der Waals surface area contributed by atoms with Crippen molar-refractivity contribution in [1.82, 2.24) is 4.57 Å². The quantitative estimate of drug-likeness (QED) is 0.345. The Morgan fingerprint density at radius 1 is 1.03 bits per heavy atom. The van der Waals surface area contributed by atoms with E-state index in [0.29, 0.717) is 31.9 Å². The molecule has 1 aliphatic heterocycles. The molecule has 0 radical (unpaired) electrons. The van der Waals surface area contributed by atoms with Gasteiger partial charge in [-0.2, -0.15) is 0 Å². The second-order valence-corrected chi connectivity index (χ2v) is 9.83. The zero-order chi connectivity index (χ0) is 27.7. The molecular formula is C30H26N2O6S. The third-order valence-electron chi connectivity index (χ3n) is 6.57. The Kier molecular flexibility index (Phi) is 7.17. The Hall–Kier alpha value is -4.50. The van der Waals surface area contributed by atoms with Crippen LogP contribution in [0.3, 0.4) is 0 Å². The van der Waals surface area contributed by atoms with Gasteiger partial charge in [-0.05, 0) is 54.5 Å². The van der Waals surface area contributed by atoms with Crippen LogP contribution in [0.2, 0.25) is 0 Å². The van der Waals surface area contributed by atoms with E-state index in [1.807, 2.05) is 36.4 Å². The standard InChI is InChI=1S/C30H26N2O6S/c1-5-38-29(35)24-17(2)31-30-32(26(24)25-21-9-7-6-8-19(21)14-15-22(25)36-3)27(33)23(39-30)16-18-10-12-20(13-11-18)28(34)37-4/h6-16,26H,5H2,1-4H3/b23-16-/t26-/m0/s1. The molecule has 0 unspecified atom stereocenters. The number of hydrogen-bond donors (Lipinski definition) is 0. The average molecular weight is 543 g/mol. The molecule has 0 saturated carbocycles. The Morgan fingerprint density at radius 2 is 1.77 bits per heavy atom. The molecule has 1 atom stereocenters. The molecule has 39 heavy (non-hydrogen) atoms. The number of esters is 2. The molecule has 198 valence electrons. The highest BCUT2D eigenvalue weighted by Crippen LogP contribution is 2.40. The first-order valence-electron chi connectivity index (χ1n) is 12.3. The lowest BCUT2D eigenvalue weighted by atomic mass is 9.90. The fourth-order valence-electron chi connectivity index (χ4n) is 4.78. The minimum atomic E-state index is -0.815. The van der Waals surface area contributed by atoms with Gasteiger partial charge in [-0.1, -0.05) is 53.8 Å². The van der Waals surface area contributed by atoms with Crippen molar-refractivity contribution in [2.45, 2.75) is 19.9 Å². The Morgan fingerprint density at radius 3 is 2.46 bits per heavy atom. The number of aromatic nitrogens is 1. The van der Waals surface area contributed by atoms with Gasteiger partial charge < -0.3 is 14.2 Å². The van der Waals surface area contributed by atoms with E-state index < -0.39 is 18.0 Å². The van der Waals surface area contributed by atoms with Crippen LogP contribution >= 0.6 is 11.3 Å². The van der Waals surface area contributed by atoms with Crippen LogP contribution in [0.4, 0.5) is 0 Å². The van der Waals surface area contributed by atoms with Gasteiger partial charge in [0.1, 0.15) is 11.8 Å². The van der Waals surface area contributed by atoms with Crippen LogP contribution in [0.25, 0.3) is 16.8 Å². The molecule has 9 heteroatoms. The predicted octanol–water partition coefficient (Wildman–Crippen LogP) is 3.75. The molecule has 0 fully saturated rings. The second kappa shape index (κ2) is 10.7. The second-order valence-electron chi connectivity index (χ2n) is 8.82. The summed E-state index contributed by atoms with van der Waals surface area (Å²) in [6.45, 7) is 3.67. The molecule has 2 heterocycles. The topological polar surface area (TPSA) is 96.2 Å². The molecule has 0 spiro atoms. The average Bonchev–Trinajstić information content (AvgIpc) is 3.25. The number of methoxy groups -OCH3 is 2. The summed E-state index contributed by atoms with van der Waals surface area (Å²) < 4.78 is 17.9. The number of hydrogen-bond acceptors (Lipinski definition) is 8. The highest BCUT2D eigenvalue weighted by molar-refractivity contribution is 7.07. The summed E-state index contributed by atoms with van der Waals surface area (Å²) in [5, 5.41) is 1.80. The summed E-state index contributed by atoms with van der Waals surface area (Å²) in [5.74, 6) is -0.429. The summed E-state index contributed by atoms with van der Waals surface area (Å²) in [6, 6.07) is 17.5. The number of allylic oxidation sites excluding steroid dienone is 1. The number of carbonyl (C=O) groups is 2. The molecule has 1 aromatic heterocycles. The Balaban J connectivity index is 1.77. The smallest absolute Gasteiger partial charge is 0.338 e. The number of nitrogens with zero attached hydrogens (tertiary/aromatic N) is 2. The molecule has 5 rings (SSSR count). The summed E-state index contributed by atoms with van der Waals surface area (Å²) in [5.41, 5.74) is 2.28. The van der Waals surface area contributed by atoms with Gasteiger partial charge in [0.2, 0.25) is 0 Å². The van der Waals surface area contributed by atoms with Gasteiger partial charge in [0.25, 0.3) is 5.56 Å². The Labute approximate surface area is 228 Å².